The minimum absolute atomic E-state index is 0.616. The molecule has 5 nitrogen and oxygen atoms in total. The van der Waals surface area contributed by atoms with Gasteiger partial charge in [0, 0.05) is 48.0 Å². The highest BCUT2D eigenvalue weighted by atomic mass is 32.1. The van der Waals surface area contributed by atoms with Gasteiger partial charge in [-0.05, 0) is 63.9 Å². The Labute approximate surface area is 326 Å². The molecule has 0 spiro atoms. The van der Waals surface area contributed by atoms with Gasteiger partial charge >= 0.3 is 0 Å². The van der Waals surface area contributed by atoms with E-state index in [2.05, 4.69) is 140 Å². The lowest BCUT2D eigenvalue weighted by Crippen LogP contribution is -2.01. The van der Waals surface area contributed by atoms with Crippen molar-refractivity contribution in [3.63, 3.8) is 0 Å². The predicted molar refractivity (Wildman–Crippen MR) is 230 cm³/mol. The van der Waals surface area contributed by atoms with Crippen LogP contribution in [0.2, 0.25) is 0 Å². The summed E-state index contributed by atoms with van der Waals surface area (Å²) in [4.78, 5) is 20.3. The third-order valence-electron chi connectivity index (χ3n) is 10.4. The van der Waals surface area contributed by atoms with E-state index in [-0.39, 0.29) is 0 Å². The molecule has 6 heteroatoms. The van der Waals surface area contributed by atoms with Gasteiger partial charge < -0.3 is 4.42 Å². The van der Waals surface area contributed by atoms with Crippen LogP contribution < -0.4 is 0 Å². The van der Waals surface area contributed by atoms with Crippen LogP contribution in [0.25, 0.3) is 110 Å². The van der Waals surface area contributed by atoms with Gasteiger partial charge in [-0.1, -0.05) is 146 Å². The Hall–Kier alpha value is -7.28. The van der Waals surface area contributed by atoms with Crippen LogP contribution in [0, 0.1) is 0 Å². The van der Waals surface area contributed by atoms with Crippen LogP contribution in [0.3, 0.4) is 0 Å². The van der Waals surface area contributed by atoms with E-state index in [0.29, 0.717) is 23.4 Å². The maximum absolute atomic E-state index is 6.36. The number of rotatable bonds is 6. The minimum atomic E-state index is 0.616. The molecule has 56 heavy (non-hydrogen) atoms. The summed E-state index contributed by atoms with van der Waals surface area (Å²) >= 11 is 1.74. The molecule has 3 aromatic heterocycles. The predicted octanol–water partition coefficient (Wildman–Crippen LogP) is 13.5. The number of hydrogen-bond donors (Lipinski definition) is 0. The zero-order chi connectivity index (χ0) is 37.0. The van der Waals surface area contributed by atoms with Gasteiger partial charge in [-0.3, -0.25) is 0 Å². The third-order valence-corrected chi connectivity index (χ3v) is 11.5. The monoisotopic (exact) mass is 734 g/mol. The summed E-state index contributed by atoms with van der Waals surface area (Å²) < 4.78 is 8.65. The van der Waals surface area contributed by atoms with Crippen LogP contribution in [0.5, 0.6) is 0 Å². The third kappa shape index (κ3) is 5.63. The first-order chi connectivity index (χ1) is 27.7. The number of hydrogen-bond acceptors (Lipinski definition) is 6. The average molecular weight is 735 g/mol. The van der Waals surface area contributed by atoms with Gasteiger partial charge in [0.25, 0.3) is 0 Å². The Morgan fingerprint density at radius 2 is 0.964 bits per heavy atom. The van der Waals surface area contributed by atoms with Gasteiger partial charge in [-0.2, -0.15) is 0 Å². The lowest BCUT2D eigenvalue weighted by Gasteiger charge is -2.14. The zero-order valence-electron chi connectivity index (χ0n) is 29.9. The van der Waals surface area contributed by atoms with Crippen molar-refractivity contribution in [2.45, 2.75) is 0 Å². The number of benzene rings is 8. The molecule has 0 saturated heterocycles. The van der Waals surface area contributed by atoms with Crippen molar-refractivity contribution in [1.29, 1.82) is 0 Å². The van der Waals surface area contributed by atoms with E-state index in [1.165, 1.54) is 10.9 Å². The van der Waals surface area contributed by atoms with Gasteiger partial charge in [0.1, 0.15) is 5.52 Å². The van der Waals surface area contributed by atoms with Crippen molar-refractivity contribution in [2.75, 3.05) is 0 Å². The van der Waals surface area contributed by atoms with E-state index in [0.717, 1.165) is 75.6 Å². The van der Waals surface area contributed by atoms with Crippen LogP contribution in [-0.4, -0.2) is 19.9 Å². The fourth-order valence-corrected chi connectivity index (χ4v) is 8.77. The average Bonchev–Trinajstić information content (AvgIpc) is 3.86. The number of thiophene rings is 1. The van der Waals surface area contributed by atoms with E-state index >= 15 is 0 Å². The van der Waals surface area contributed by atoms with Crippen LogP contribution in [0.1, 0.15) is 0 Å². The van der Waals surface area contributed by atoms with Crippen molar-refractivity contribution < 1.29 is 4.42 Å². The first-order valence-corrected chi connectivity index (χ1v) is 19.4. The summed E-state index contributed by atoms with van der Waals surface area (Å²) in [5.41, 5.74) is 9.93. The molecular formula is C50H30N4OS. The smallest absolute Gasteiger partial charge is 0.227 e. The molecule has 0 fully saturated rings. The minimum Gasteiger partial charge on any atom is -0.436 e. The quantitative estimate of drug-likeness (QED) is 0.170. The Balaban J connectivity index is 1.01. The van der Waals surface area contributed by atoms with E-state index in [1.807, 2.05) is 42.5 Å². The second-order valence-electron chi connectivity index (χ2n) is 13.8. The SMILES string of the molecule is c1ccc(-c2ccc(-c3nc4cc5sc6cc(-c7nc(-c8ccccc8)nc(-c8ccc9ccccc9c8-c8ccccc8)n7)ccc6c5cc4o3)cc2)cc1. The summed E-state index contributed by atoms with van der Waals surface area (Å²) in [7, 11) is 0. The number of oxazole rings is 1. The normalized spacial score (nSPS) is 11.6. The largest absolute Gasteiger partial charge is 0.436 e. The summed E-state index contributed by atoms with van der Waals surface area (Å²) in [6, 6.07) is 62.9. The highest BCUT2D eigenvalue weighted by molar-refractivity contribution is 7.25. The van der Waals surface area contributed by atoms with Crippen molar-refractivity contribution in [3.05, 3.63) is 182 Å². The van der Waals surface area contributed by atoms with Crippen LogP contribution in [0.4, 0.5) is 0 Å². The van der Waals surface area contributed by atoms with Gasteiger partial charge in [0.05, 0.1) is 0 Å². The van der Waals surface area contributed by atoms with Crippen molar-refractivity contribution >= 4 is 53.4 Å². The van der Waals surface area contributed by atoms with Crippen molar-refractivity contribution in [1.82, 2.24) is 19.9 Å². The van der Waals surface area contributed by atoms with E-state index in [1.54, 1.807) is 11.3 Å². The molecule has 3 heterocycles. The fraction of sp³-hybridized carbons (Fsp3) is 0. The summed E-state index contributed by atoms with van der Waals surface area (Å²) in [6.07, 6.45) is 0. The summed E-state index contributed by atoms with van der Waals surface area (Å²) in [5, 5.41) is 4.61. The standard InChI is InChI=1S/C50H30N4OS/c1-4-12-31(13-5-1)32-20-22-36(23-21-32)50-51-42-30-45-41(29-43(42)55-50)39-26-25-37(28-44(39)56-45)48-52-47(35-17-8-3-9-18-35)53-49(54-48)40-27-24-33-14-10-11-19-38(33)46(40)34-15-6-2-7-16-34/h1-30H. The number of fused-ring (bicyclic) bond motifs is 5. The molecular weight excluding hydrogens is 705 g/mol. The molecule has 262 valence electrons. The summed E-state index contributed by atoms with van der Waals surface area (Å²) in [5.74, 6) is 2.50. The van der Waals surface area contributed by atoms with Crippen molar-refractivity contribution in [2.24, 2.45) is 0 Å². The molecule has 0 atom stereocenters. The molecule has 0 aliphatic rings. The van der Waals surface area contributed by atoms with E-state index in [4.69, 9.17) is 24.4 Å². The molecule has 11 aromatic rings. The van der Waals surface area contributed by atoms with Gasteiger partial charge in [0.15, 0.2) is 23.1 Å². The Bertz CT molecular complexity index is 3230. The van der Waals surface area contributed by atoms with Gasteiger partial charge in [0.2, 0.25) is 5.89 Å². The fourth-order valence-electron chi connectivity index (χ4n) is 7.61. The number of nitrogens with zero attached hydrogens (tertiary/aromatic N) is 4. The second kappa shape index (κ2) is 13.2. The van der Waals surface area contributed by atoms with E-state index < -0.39 is 0 Å². The Kier molecular flexibility index (Phi) is 7.60. The van der Waals surface area contributed by atoms with E-state index in [9.17, 15) is 0 Å². The summed E-state index contributed by atoms with van der Waals surface area (Å²) in [6.45, 7) is 0. The van der Waals surface area contributed by atoms with Crippen LogP contribution >= 0.6 is 11.3 Å². The molecule has 0 aliphatic heterocycles. The molecule has 0 radical (unpaired) electrons. The highest BCUT2D eigenvalue weighted by Crippen LogP contribution is 2.41. The Morgan fingerprint density at radius 1 is 0.375 bits per heavy atom. The Morgan fingerprint density at radius 3 is 1.73 bits per heavy atom. The molecule has 0 aliphatic carbocycles. The first kappa shape index (κ1) is 32.2. The lowest BCUT2D eigenvalue weighted by molar-refractivity contribution is 0.620. The zero-order valence-corrected chi connectivity index (χ0v) is 30.7. The first-order valence-electron chi connectivity index (χ1n) is 18.5. The molecule has 8 aromatic carbocycles. The van der Waals surface area contributed by atoms with Gasteiger partial charge in [-0.15, -0.1) is 11.3 Å². The second-order valence-corrected chi connectivity index (χ2v) is 14.9. The van der Waals surface area contributed by atoms with Crippen LogP contribution in [0.15, 0.2) is 186 Å². The maximum Gasteiger partial charge on any atom is 0.227 e. The molecule has 0 N–H and O–H groups in total. The molecule has 0 unspecified atom stereocenters. The maximum atomic E-state index is 6.36. The molecule has 0 amide bonds. The molecule has 0 bridgehead atoms. The van der Waals surface area contributed by atoms with Crippen molar-refractivity contribution in [3.8, 4) is 67.9 Å². The number of aromatic nitrogens is 4. The van der Waals surface area contributed by atoms with Crippen LogP contribution in [-0.2, 0) is 0 Å². The molecule has 11 rings (SSSR count). The van der Waals surface area contributed by atoms with Gasteiger partial charge in [-0.25, -0.2) is 19.9 Å². The lowest BCUT2D eigenvalue weighted by atomic mass is 9.93. The molecule has 0 saturated carbocycles. The topological polar surface area (TPSA) is 64.7 Å². The highest BCUT2D eigenvalue weighted by Gasteiger charge is 2.19.